The molecule has 1 amide bonds. The number of benzene rings is 1. The number of pyridine rings is 1. The first kappa shape index (κ1) is 13.7. The number of nitrogens with zero attached hydrogens (tertiary/aromatic N) is 2. The van der Waals surface area contributed by atoms with Crippen LogP contribution in [0.2, 0.25) is 0 Å². The van der Waals surface area contributed by atoms with E-state index in [-0.39, 0.29) is 5.56 Å². The van der Waals surface area contributed by atoms with Crippen LogP contribution in [-0.2, 0) is 0 Å². The van der Waals surface area contributed by atoms with Gasteiger partial charge in [-0.2, -0.15) is 5.10 Å². The van der Waals surface area contributed by atoms with Crippen molar-refractivity contribution in [2.45, 2.75) is 13.8 Å². The highest BCUT2D eigenvalue weighted by Crippen LogP contribution is 2.06. The van der Waals surface area contributed by atoms with E-state index in [1.54, 1.807) is 26.1 Å². The third kappa shape index (κ3) is 2.66. The molecule has 0 saturated heterocycles. The van der Waals surface area contributed by atoms with Crippen LogP contribution in [0.15, 0.2) is 46.3 Å². The molecule has 2 N–H and O–H groups in total. The zero-order valence-corrected chi connectivity index (χ0v) is 11.3. The summed E-state index contributed by atoms with van der Waals surface area (Å²) in [5.41, 5.74) is 6.78. The van der Waals surface area contributed by atoms with Gasteiger partial charge >= 0.3 is 0 Å². The number of hydrogen-bond donors (Lipinski definition) is 1. The third-order valence-electron chi connectivity index (χ3n) is 2.93. The molecule has 0 aliphatic carbocycles. The fourth-order valence-electron chi connectivity index (χ4n) is 1.99. The Morgan fingerprint density at radius 1 is 1.25 bits per heavy atom. The minimum Gasteiger partial charge on any atom is -0.365 e. The SMILES string of the molecule is Cc1cc(C)n(/N=C/c2ccccc2)c(=O)c1C(N)=O. The zero-order chi connectivity index (χ0) is 14.7. The topological polar surface area (TPSA) is 77.4 Å². The van der Waals surface area contributed by atoms with E-state index in [9.17, 15) is 9.59 Å². The standard InChI is InChI=1S/C15H15N3O2/c1-10-8-11(2)18(15(20)13(10)14(16)19)17-9-12-6-4-3-5-7-12/h3-9H,1-2H3,(H2,16,19)/b17-9+. The van der Waals surface area contributed by atoms with E-state index in [0.29, 0.717) is 11.3 Å². The number of nitrogens with two attached hydrogens (primary N) is 1. The Bertz CT molecular complexity index is 731. The molecule has 0 saturated carbocycles. The normalized spacial score (nSPS) is 10.9. The number of aryl methyl sites for hydroxylation is 2. The van der Waals surface area contributed by atoms with Crippen molar-refractivity contribution in [3.8, 4) is 0 Å². The Hall–Kier alpha value is -2.69. The minimum absolute atomic E-state index is 0.0270. The van der Waals surface area contributed by atoms with E-state index in [2.05, 4.69) is 5.10 Å². The molecule has 102 valence electrons. The van der Waals surface area contributed by atoms with E-state index in [1.165, 1.54) is 4.68 Å². The maximum absolute atomic E-state index is 12.2. The first-order valence-electron chi connectivity index (χ1n) is 6.13. The highest BCUT2D eigenvalue weighted by Gasteiger charge is 2.14. The molecule has 0 aliphatic heterocycles. The Kier molecular flexibility index (Phi) is 3.79. The predicted molar refractivity (Wildman–Crippen MR) is 78.1 cm³/mol. The number of amides is 1. The Balaban J connectivity index is 2.53. The second-order valence-electron chi connectivity index (χ2n) is 4.48. The molecule has 5 heteroatoms. The summed E-state index contributed by atoms with van der Waals surface area (Å²) in [6.07, 6.45) is 1.56. The molecule has 1 aromatic carbocycles. The molecule has 0 atom stereocenters. The molecule has 1 heterocycles. The van der Waals surface area contributed by atoms with Crippen LogP contribution in [0, 0.1) is 13.8 Å². The summed E-state index contributed by atoms with van der Waals surface area (Å²) in [4.78, 5) is 23.6. The molecule has 2 rings (SSSR count). The lowest BCUT2D eigenvalue weighted by molar-refractivity contribution is 0.0997. The monoisotopic (exact) mass is 269 g/mol. The van der Waals surface area contributed by atoms with Crippen LogP contribution in [0.5, 0.6) is 0 Å². The number of aromatic nitrogens is 1. The lowest BCUT2D eigenvalue weighted by Crippen LogP contribution is -2.30. The van der Waals surface area contributed by atoms with Gasteiger partial charge in [0.1, 0.15) is 5.56 Å². The molecule has 0 bridgehead atoms. The summed E-state index contributed by atoms with van der Waals surface area (Å²) < 4.78 is 1.18. The van der Waals surface area contributed by atoms with Crippen LogP contribution in [-0.4, -0.2) is 16.8 Å². The third-order valence-corrected chi connectivity index (χ3v) is 2.93. The number of carbonyl (C=O) groups excluding carboxylic acids is 1. The van der Waals surface area contributed by atoms with E-state index < -0.39 is 11.5 Å². The van der Waals surface area contributed by atoms with Crippen LogP contribution in [0.3, 0.4) is 0 Å². The van der Waals surface area contributed by atoms with Gasteiger partial charge in [0.2, 0.25) is 0 Å². The van der Waals surface area contributed by atoms with E-state index in [0.717, 1.165) is 5.56 Å². The van der Waals surface area contributed by atoms with Gasteiger partial charge in [-0.15, -0.1) is 0 Å². The van der Waals surface area contributed by atoms with Gasteiger partial charge in [-0.25, -0.2) is 4.68 Å². The lowest BCUT2D eigenvalue weighted by Gasteiger charge is -2.08. The fourth-order valence-corrected chi connectivity index (χ4v) is 1.99. The maximum atomic E-state index is 12.2. The summed E-state index contributed by atoms with van der Waals surface area (Å²) >= 11 is 0. The number of carbonyl (C=O) groups is 1. The zero-order valence-electron chi connectivity index (χ0n) is 11.3. The lowest BCUT2D eigenvalue weighted by atomic mass is 10.1. The summed E-state index contributed by atoms with van der Waals surface area (Å²) in [6, 6.07) is 11.1. The van der Waals surface area contributed by atoms with Crippen LogP contribution in [0.25, 0.3) is 0 Å². The summed E-state index contributed by atoms with van der Waals surface area (Å²) in [7, 11) is 0. The van der Waals surface area contributed by atoms with Crippen LogP contribution in [0.1, 0.15) is 27.2 Å². The second kappa shape index (κ2) is 5.52. The molecule has 0 unspecified atom stereocenters. The van der Waals surface area contributed by atoms with Crippen LogP contribution in [0.4, 0.5) is 0 Å². The van der Waals surface area contributed by atoms with Gasteiger partial charge < -0.3 is 5.73 Å². The van der Waals surface area contributed by atoms with Crippen molar-refractivity contribution in [3.05, 3.63) is 69.1 Å². The van der Waals surface area contributed by atoms with Crippen molar-refractivity contribution < 1.29 is 4.79 Å². The van der Waals surface area contributed by atoms with E-state index in [1.807, 2.05) is 30.3 Å². The van der Waals surface area contributed by atoms with Gasteiger partial charge in [0.05, 0.1) is 6.21 Å². The second-order valence-corrected chi connectivity index (χ2v) is 4.48. The molecule has 20 heavy (non-hydrogen) atoms. The number of hydrogen-bond acceptors (Lipinski definition) is 3. The highest BCUT2D eigenvalue weighted by atomic mass is 16.2. The van der Waals surface area contributed by atoms with Gasteiger partial charge in [-0.3, -0.25) is 9.59 Å². The first-order valence-corrected chi connectivity index (χ1v) is 6.13. The quantitative estimate of drug-likeness (QED) is 0.856. The largest absolute Gasteiger partial charge is 0.365 e. The molecule has 1 aromatic heterocycles. The molecule has 0 aliphatic rings. The molecular formula is C15H15N3O2. The van der Waals surface area contributed by atoms with E-state index >= 15 is 0 Å². The van der Waals surface area contributed by atoms with Gasteiger partial charge in [-0.1, -0.05) is 30.3 Å². The van der Waals surface area contributed by atoms with Gasteiger partial charge in [0.25, 0.3) is 11.5 Å². The Labute approximate surface area is 116 Å². The van der Waals surface area contributed by atoms with Crippen LogP contribution < -0.4 is 11.3 Å². The molecule has 0 spiro atoms. The summed E-state index contributed by atoms with van der Waals surface area (Å²) in [5, 5.41) is 4.13. The van der Waals surface area contributed by atoms with Crippen molar-refractivity contribution in [1.82, 2.24) is 4.68 Å². The molecular weight excluding hydrogens is 254 g/mol. The Morgan fingerprint density at radius 3 is 2.50 bits per heavy atom. The summed E-state index contributed by atoms with van der Waals surface area (Å²) in [5.74, 6) is -0.740. The highest BCUT2D eigenvalue weighted by molar-refractivity contribution is 5.93. The van der Waals surface area contributed by atoms with Gasteiger partial charge in [-0.05, 0) is 31.0 Å². The smallest absolute Gasteiger partial charge is 0.284 e. The van der Waals surface area contributed by atoms with Gasteiger partial charge in [0, 0.05) is 5.69 Å². The van der Waals surface area contributed by atoms with Crippen molar-refractivity contribution in [2.24, 2.45) is 10.8 Å². The Morgan fingerprint density at radius 2 is 1.90 bits per heavy atom. The summed E-state index contributed by atoms with van der Waals surface area (Å²) in [6.45, 7) is 3.43. The van der Waals surface area contributed by atoms with Crippen LogP contribution >= 0.6 is 0 Å². The van der Waals surface area contributed by atoms with E-state index in [4.69, 9.17) is 5.73 Å². The average molecular weight is 269 g/mol. The number of rotatable bonds is 3. The fraction of sp³-hybridized carbons (Fsp3) is 0.133. The molecule has 2 aromatic rings. The van der Waals surface area contributed by atoms with Crippen molar-refractivity contribution in [1.29, 1.82) is 0 Å². The van der Waals surface area contributed by atoms with Crippen molar-refractivity contribution in [2.75, 3.05) is 0 Å². The van der Waals surface area contributed by atoms with Gasteiger partial charge in [0.15, 0.2) is 0 Å². The molecule has 5 nitrogen and oxygen atoms in total. The minimum atomic E-state index is -0.740. The van der Waals surface area contributed by atoms with Crippen molar-refractivity contribution >= 4 is 12.1 Å². The first-order chi connectivity index (χ1) is 9.50. The molecule has 0 radical (unpaired) electrons. The molecule has 0 fully saturated rings. The average Bonchev–Trinajstić information content (AvgIpc) is 2.38. The number of primary amides is 1. The maximum Gasteiger partial charge on any atom is 0.284 e. The van der Waals surface area contributed by atoms with Crippen molar-refractivity contribution in [3.63, 3.8) is 0 Å². The predicted octanol–water partition coefficient (Wildman–Crippen LogP) is 1.45.